The monoisotopic (exact) mass is 427 g/mol. The van der Waals surface area contributed by atoms with Gasteiger partial charge in [-0.3, -0.25) is 19.6 Å². The molecule has 0 fully saturated rings. The number of benzene rings is 3. The van der Waals surface area contributed by atoms with Gasteiger partial charge >= 0.3 is 0 Å². The minimum Gasteiger partial charge on any atom is -0.495 e. The number of sulfonamides is 1. The fraction of sp³-hybridized carbons (Fsp3) is 0.0500. The van der Waals surface area contributed by atoms with E-state index in [0.717, 1.165) is 6.07 Å². The number of nitrogens with one attached hydrogen (secondary N) is 2. The Balaban J connectivity index is 1.89. The summed E-state index contributed by atoms with van der Waals surface area (Å²) in [4.78, 5) is 22.6. The van der Waals surface area contributed by atoms with Gasteiger partial charge in [0.2, 0.25) is 0 Å². The van der Waals surface area contributed by atoms with Crippen LogP contribution in [0, 0.1) is 10.1 Å². The number of nitro benzene ring substituents is 1. The van der Waals surface area contributed by atoms with Crippen LogP contribution in [0.1, 0.15) is 10.4 Å². The zero-order chi connectivity index (χ0) is 21.7. The molecule has 0 bridgehead atoms. The molecule has 0 heterocycles. The summed E-state index contributed by atoms with van der Waals surface area (Å²) in [6, 6.07) is 17.7. The molecule has 10 heteroatoms. The van der Waals surface area contributed by atoms with E-state index in [1.54, 1.807) is 30.3 Å². The molecule has 0 saturated carbocycles. The average Bonchev–Trinajstić information content (AvgIpc) is 2.74. The van der Waals surface area contributed by atoms with Crippen LogP contribution in [0.2, 0.25) is 0 Å². The van der Waals surface area contributed by atoms with Crippen molar-refractivity contribution in [3.8, 4) is 5.75 Å². The van der Waals surface area contributed by atoms with E-state index in [1.165, 1.54) is 43.5 Å². The van der Waals surface area contributed by atoms with Gasteiger partial charge in [-0.05, 0) is 36.4 Å². The van der Waals surface area contributed by atoms with Gasteiger partial charge in [0.05, 0.1) is 22.6 Å². The number of ether oxygens (including phenoxy) is 1. The number of non-ortho nitro benzene ring substituents is 1. The van der Waals surface area contributed by atoms with Gasteiger partial charge in [-0.2, -0.15) is 0 Å². The van der Waals surface area contributed by atoms with Gasteiger partial charge in [-0.15, -0.1) is 0 Å². The summed E-state index contributed by atoms with van der Waals surface area (Å²) in [5.74, 6) is -0.367. The first-order chi connectivity index (χ1) is 14.3. The first kappa shape index (κ1) is 20.8. The van der Waals surface area contributed by atoms with Crippen molar-refractivity contribution in [3.05, 3.63) is 88.5 Å². The van der Waals surface area contributed by atoms with Gasteiger partial charge in [0.25, 0.3) is 21.6 Å². The molecule has 0 aliphatic carbocycles. The highest BCUT2D eigenvalue weighted by molar-refractivity contribution is 7.92. The number of methoxy groups -OCH3 is 1. The third-order valence-corrected chi connectivity index (χ3v) is 5.44. The van der Waals surface area contributed by atoms with Crippen molar-refractivity contribution in [2.75, 3.05) is 17.1 Å². The van der Waals surface area contributed by atoms with Gasteiger partial charge in [-0.1, -0.05) is 24.3 Å². The van der Waals surface area contributed by atoms with Crippen molar-refractivity contribution in [3.63, 3.8) is 0 Å². The van der Waals surface area contributed by atoms with Crippen molar-refractivity contribution in [1.29, 1.82) is 0 Å². The number of para-hydroxylation sites is 1. The molecule has 154 valence electrons. The highest BCUT2D eigenvalue weighted by Crippen LogP contribution is 2.31. The SMILES string of the molecule is COc1ccc([N+](=O)[O-])cc1NS(=O)(=O)c1cccc(C(=O)Nc2ccccc2)c1. The minimum absolute atomic E-state index is 0.0918. The highest BCUT2D eigenvalue weighted by Gasteiger charge is 2.20. The summed E-state index contributed by atoms with van der Waals surface area (Å²) in [5.41, 5.74) is 0.304. The lowest BCUT2D eigenvalue weighted by molar-refractivity contribution is -0.384. The van der Waals surface area contributed by atoms with E-state index in [2.05, 4.69) is 10.0 Å². The Bertz CT molecular complexity index is 1200. The van der Waals surface area contributed by atoms with Crippen molar-refractivity contribution in [2.45, 2.75) is 4.90 Å². The molecule has 1 amide bonds. The van der Waals surface area contributed by atoms with Crippen LogP contribution in [-0.2, 0) is 10.0 Å². The van der Waals surface area contributed by atoms with Crippen molar-refractivity contribution in [1.82, 2.24) is 0 Å². The van der Waals surface area contributed by atoms with E-state index < -0.39 is 20.9 Å². The number of carbonyl (C=O) groups excluding carboxylic acids is 1. The van der Waals surface area contributed by atoms with Gasteiger partial charge in [-0.25, -0.2) is 8.42 Å². The molecule has 0 spiro atoms. The normalized spacial score (nSPS) is 10.8. The van der Waals surface area contributed by atoms with Crippen LogP contribution < -0.4 is 14.8 Å². The number of nitrogens with zero attached hydrogens (tertiary/aromatic N) is 1. The molecular weight excluding hydrogens is 410 g/mol. The molecule has 3 aromatic carbocycles. The van der Waals surface area contributed by atoms with Crippen molar-refractivity contribution >= 4 is 33.0 Å². The van der Waals surface area contributed by atoms with E-state index >= 15 is 0 Å². The number of amides is 1. The first-order valence-electron chi connectivity index (χ1n) is 8.62. The Morgan fingerprint density at radius 2 is 1.73 bits per heavy atom. The fourth-order valence-electron chi connectivity index (χ4n) is 2.62. The Morgan fingerprint density at radius 3 is 2.40 bits per heavy atom. The number of carbonyl (C=O) groups is 1. The van der Waals surface area contributed by atoms with Gasteiger partial charge in [0.1, 0.15) is 5.75 Å². The second kappa shape index (κ2) is 8.62. The van der Waals surface area contributed by atoms with E-state index in [1.807, 2.05) is 0 Å². The highest BCUT2D eigenvalue weighted by atomic mass is 32.2. The number of hydrogen-bond acceptors (Lipinski definition) is 6. The fourth-order valence-corrected chi connectivity index (χ4v) is 3.73. The van der Waals surface area contributed by atoms with E-state index in [-0.39, 0.29) is 27.6 Å². The lowest BCUT2D eigenvalue weighted by Gasteiger charge is -2.12. The topological polar surface area (TPSA) is 128 Å². The van der Waals surface area contributed by atoms with Crippen LogP contribution in [0.25, 0.3) is 0 Å². The quantitative estimate of drug-likeness (QED) is 0.437. The third kappa shape index (κ3) is 4.73. The molecule has 2 N–H and O–H groups in total. The summed E-state index contributed by atoms with van der Waals surface area (Å²) in [6.07, 6.45) is 0. The molecule has 0 saturated heterocycles. The summed E-state index contributed by atoms with van der Waals surface area (Å²) < 4.78 is 33.0. The van der Waals surface area contributed by atoms with Crippen molar-refractivity contribution in [2.24, 2.45) is 0 Å². The van der Waals surface area contributed by atoms with Crippen LogP contribution in [0.15, 0.2) is 77.7 Å². The second-order valence-corrected chi connectivity index (χ2v) is 7.78. The summed E-state index contributed by atoms with van der Waals surface area (Å²) in [6.45, 7) is 0. The van der Waals surface area contributed by atoms with E-state index in [0.29, 0.717) is 5.69 Å². The molecule has 0 atom stereocenters. The standard InChI is InChI=1S/C20H17N3O6S/c1-29-19-11-10-16(23(25)26)13-18(19)22-30(27,28)17-9-5-6-14(12-17)20(24)21-15-7-3-2-4-8-15/h2-13,22H,1H3,(H,21,24). The predicted octanol–water partition coefficient (Wildman–Crippen LogP) is 3.66. The number of hydrogen-bond donors (Lipinski definition) is 2. The summed E-state index contributed by atoms with van der Waals surface area (Å²) in [5, 5.41) is 13.7. The Labute approximate surface area is 172 Å². The molecule has 30 heavy (non-hydrogen) atoms. The summed E-state index contributed by atoms with van der Waals surface area (Å²) >= 11 is 0. The second-order valence-electron chi connectivity index (χ2n) is 6.10. The third-order valence-electron chi connectivity index (χ3n) is 4.08. The van der Waals surface area contributed by atoms with Crippen LogP contribution in [0.4, 0.5) is 17.1 Å². The molecule has 9 nitrogen and oxygen atoms in total. The zero-order valence-electron chi connectivity index (χ0n) is 15.7. The molecule has 0 radical (unpaired) electrons. The van der Waals surface area contributed by atoms with Crippen molar-refractivity contribution < 1.29 is 22.9 Å². The Kier molecular flexibility index (Phi) is 5.98. The summed E-state index contributed by atoms with van der Waals surface area (Å²) in [7, 11) is -2.84. The largest absolute Gasteiger partial charge is 0.495 e. The maximum atomic E-state index is 12.8. The number of nitro groups is 1. The molecule has 0 aliphatic rings. The minimum atomic E-state index is -4.15. The number of rotatable bonds is 7. The van der Waals surface area contributed by atoms with Crippen LogP contribution >= 0.6 is 0 Å². The zero-order valence-corrected chi connectivity index (χ0v) is 16.5. The predicted molar refractivity (Wildman–Crippen MR) is 111 cm³/mol. The Hall–Kier alpha value is -3.92. The average molecular weight is 427 g/mol. The molecule has 0 aromatic heterocycles. The lowest BCUT2D eigenvalue weighted by Crippen LogP contribution is -2.16. The smallest absolute Gasteiger partial charge is 0.271 e. The first-order valence-corrected chi connectivity index (χ1v) is 10.1. The molecule has 3 aromatic rings. The number of anilines is 2. The van der Waals surface area contributed by atoms with E-state index in [9.17, 15) is 23.3 Å². The molecular formula is C20H17N3O6S. The maximum absolute atomic E-state index is 12.8. The van der Waals surface area contributed by atoms with E-state index in [4.69, 9.17) is 4.74 Å². The van der Waals surface area contributed by atoms with Gasteiger partial charge in [0, 0.05) is 23.4 Å². The molecule has 3 rings (SSSR count). The van der Waals surface area contributed by atoms with Crippen LogP contribution in [0.5, 0.6) is 5.75 Å². The van der Waals surface area contributed by atoms with Crippen LogP contribution in [0.3, 0.4) is 0 Å². The molecule has 0 unspecified atom stereocenters. The molecule has 0 aliphatic heterocycles. The lowest BCUT2D eigenvalue weighted by atomic mass is 10.2. The van der Waals surface area contributed by atoms with Gasteiger partial charge < -0.3 is 10.1 Å². The maximum Gasteiger partial charge on any atom is 0.271 e. The Morgan fingerprint density at radius 1 is 1.00 bits per heavy atom. The van der Waals surface area contributed by atoms with Gasteiger partial charge in [0.15, 0.2) is 0 Å². The van der Waals surface area contributed by atoms with Crippen LogP contribution in [-0.4, -0.2) is 26.4 Å².